The van der Waals surface area contributed by atoms with Gasteiger partial charge in [-0.1, -0.05) is 24.3 Å². The predicted molar refractivity (Wildman–Crippen MR) is 103 cm³/mol. The summed E-state index contributed by atoms with van der Waals surface area (Å²) in [6.07, 6.45) is 4.47. The van der Waals surface area contributed by atoms with Crippen LogP contribution in [0.2, 0.25) is 0 Å². The largest absolute Gasteiger partial charge is 0.496 e. The SMILES string of the molecule is COc1ccccc1[C@@]1(O)CCCN(C(=O)c2cccc(-n3cnnc3)c2)C1. The van der Waals surface area contributed by atoms with Crippen LogP contribution >= 0.6 is 0 Å². The summed E-state index contributed by atoms with van der Waals surface area (Å²) < 4.78 is 7.17. The highest BCUT2D eigenvalue weighted by Gasteiger charge is 2.38. The van der Waals surface area contributed by atoms with Crippen molar-refractivity contribution in [2.45, 2.75) is 18.4 Å². The van der Waals surface area contributed by atoms with Gasteiger partial charge in [-0.3, -0.25) is 9.36 Å². The van der Waals surface area contributed by atoms with Crippen molar-refractivity contribution >= 4 is 5.91 Å². The Morgan fingerprint density at radius 3 is 2.71 bits per heavy atom. The number of aromatic nitrogens is 3. The van der Waals surface area contributed by atoms with Crippen LogP contribution in [0.4, 0.5) is 0 Å². The van der Waals surface area contributed by atoms with Gasteiger partial charge in [0, 0.05) is 23.4 Å². The Labute approximate surface area is 163 Å². The molecule has 7 heteroatoms. The summed E-state index contributed by atoms with van der Waals surface area (Å²) in [6, 6.07) is 14.7. The van der Waals surface area contributed by atoms with Crippen molar-refractivity contribution in [2.24, 2.45) is 0 Å². The van der Waals surface area contributed by atoms with E-state index in [4.69, 9.17) is 4.74 Å². The number of hydrogen-bond acceptors (Lipinski definition) is 5. The number of amides is 1. The molecule has 28 heavy (non-hydrogen) atoms. The second kappa shape index (κ2) is 7.44. The molecule has 1 saturated heterocycles. The van der Waals surface area contributed by atoms with Gasteiger partial charge >= 0.3 is 0 Å². The van der Waals surface area contributed by atoms with E-state index in [1.165, 1.54) is 0 Å². The molecule has 7 nitrogen and oxygen atoms in total. The normalized spacial score (nSPS) is 19.4. The smallest absolute Gasteiger partial charge is 0.254 e. The third kappa shape index (κ3) is 3.36. The lowest BCUT2D eigenvalue weighted by Gasteiger charge is -2.40. The number of likely N-dealkylation sites (tertiary alicyclic amines) is 1. The van der Waals surface area contributed by atoms with Gasteiger partial charge < -0.3 is 14.7 Å². The van der Waals surface area contributed by atoms with E-state index < -0.39 is 5.60 Å². The van der Waals surface area contributed by atoms with E-state index in [1.54, 1.807) is 35.3 Å². The topological polar surface area (TPSA) is 80.5 Å². The zero-order valence-electron chi connectivity index (χ0n) is 15.7. The summed E-state index contributed by atoms with van der Waals surface area (Å²) in [6.45, 7) is 0.830. The van der Waals surface area contributed by atoms with Crippen LogP contribution in [-0.2, 0) is 5.60 Å². The first-order valence-electron chi connectivity index (χ1n) is 9.21. The number of carbonyl (C=O) groups is 1. The third-order valence-corrected chi connectivity index (χ3v) is 5.18. The number of benzene rings is 2. The fraction of sp³-hybridized carbons (Fsp3) is 0.286. The van der Waals surface area contributed by atoms with Gasteiger partial charge in [-0.25, -0.2) is 0 Å². The van der Waals surface area contributed by atoms with E-state index in [0.717, 1.165) is 5.69 Å². The van der Waals surface area contributed by atoms with Gasteiger partial charge in [0.2, 0.25) is 0 Å². The molecule has 1 N–H and O–H groups in total. The minimum Gasteiger partial charge on any atom is -0.496 e. The summed E-state index contributed by atoms with van der Waals surface area (Å²) in [5.74, 6) is 0.525. The molecule has 1 amide bonds. The predicted octanol–water partition coefficient (Wildman–Crippen LogP) is 2.40. The molecule has 4 rings (SSSR count). The molecule has 0 unspecified atom stereocenters. The van der Waals surface area contributed by atoms with Gasteiger partial charge in [-0.05, 0) is 37.1 Å². The van der Waals surface area contributed by atoms with Crippen LogP contribution in [-0.4, -0.2) is 50.9 Å². The van der Waals surface area contributed by atoms with Gasteiger partial charge in [-0.15, -0.1) is 10.2 Å². The molecule has 3 aromatic rings. The maximum atomic E-state index is 13.1. The van der Waals surface area contributed by atoms with Crippen molar-refractivity contribution < 1.29 is 14.6 Å². The minimum absolute atomic E-state index is 0.108. The van der Waals surface area contributed by atoms with Crippen LogP contribution in [0.1, 0.15) is 28.8 Å². The number of aliphatic hydroxyl groups is 1. The number of hydrogen-bond donors (Lipinski definition) is 1. The number of nitrogens with zero attached hydrogens (tertiary/aromatic N) is 4. The first-order valence-corrected chi connectivity index (χ1v) is 9.21. The molecule has 0 bridgehead atoms. The van der Waals surface area contributed by atoms with Crippen molar-refractivity contribution in [3.05, 3.63) is 72.3 Å². The van der Waals surface area contributed by atoms with E-state index in [0.29, 0.717) is 36.3 Å². The van der Waals surface area contributed by atoms with Crippen LogP contribution in [0.25, 0.3) is 5.69 Å². The molecular formula is C21H22N4O3. The van der Waals surface area contributed by atoms with E-state index in [2.05, 4.69) is 10.2 Å². The van der Waals surface area contributed by atoms with Gasteiger partial charge in [0.15, 0.2) is 0 Å². The van der Waals surface area contributed by atoms with E-state index >= 15 is 0 Å². The Kier molecular flexibility index (Phi) is 4.83. The molecule has 2 aromatic carbocycles. The number of methoxy groups -OCH3 is 1. The Hall–Kier alpha value is -3.19. The lowest BCUT2D eigenvalue weighted by atomic mass is 9.85. The molecule has 1 atom stereocenters. The molecule has 0 radical (unpaired) electrons. The first-order chi connectivity index (χ1) is 13.6. The van der Waals surface area contributed by atoms with Crippen LogP contribution in [0.15, 0.2) is 61.2 Å². The maximum absolute atomic E-state index is 13.1. The molecule has 144 valence electrons. The fourth-order valence-electron chi connectivity index (χ4n) is 3.77. The molecule has 0 spiro atoms. The van der Waals surface area contributed by atoms with E-state index in [1.807, 2.05) is 42.5 Å². The van der Waals surface area contributed by atoms with E-state index in [9.17, 15) is 9.90 Å². The van der Waals surface area contributed by atoms with Crippen molar-refractivity contribution in [3.63, 3.8) is 0 Å². The van der Waals surface area contributed by atoms with Crippen LogP contribution in [0.3, 0.4) is 0 Å². The van der Waals surface area contributed by atoms with Gasteiger partial charge in [0.1, 0.15) is 24.0 Å². The highest BCUT2D eigenvalue weighted by molar-refractivity contribution is 5.95. The van der Waals surface area contributed by atoms with Crippen molar-refractivity contribution in [2.75, 3.05) is 20.2 Å². The minimum atomic E-state index is -1.13. The number of piperidine rings is 1. The standard InChI is InChI=1S/C21H22N4O3/c1-28-19-9-3-2-8-18(19)21(27)10-5-11-24(13-21)20(26)16-6-4-7-17(12-16)25-14-22-23-15-25/h2-4,6-9,12,14-15,27H,5,10-11,13H2,1H3/t21-/m1/s1. The average Bonchev–Trinajstić information content (AvgIpc) is 3.28. The van der Waals surface area contributed by atoms with Crippen molar-refractivity contribution in [3.8, 4) is 11.4 Å². The molecule has 1 aliphatic heterocycles. The second-order valence-corrected chi connectivity index (χ2v) is 6.98. The Morgan fingerprint density at radius 1 is 1.14 bits per heavy atom. The van der Waals surface area contributed by atoms with Gasteiger partial charge in [0.05, 0.1) is 13.7 Å². The number of ether oxygens (including phenoxy) is 1. The average molecular weight is 378 g/mol. The third-order valence-electron chi connectivity index (χ3n) is 5.18. The summed E-state index contributed by atoms with van der Waals surface area (Å²) in [4.78, 5) is 14.8. The highest BCUT2D eigenvalue weighted by Crippen LogP contribution is 2.37. The van der Waals surface area contributed by atoms with Crippen molar-refractivity contribution in [1.29, 1.82) is 0 Å². The summed E-state index contributed by atoms with van der Waals surface area (Å²) in [5, 5.41) is 18.9. The Balaban J connectivity index is 1.60. The Morgan fingerprint density at radius 2 is 1.93 bits per heavy atom. The maximum Gasteiger partial charge on any atom is 0.254 e. The number of carbonyl (C=O) groups excluding carboxylic acids is 1. The van der Waals surface area contributed by atoms with Crippen LogP contribution < -0.4 is 4.74 Å². The number of para-hydroxylation sites is 1. The summed E-state index contributed by atoms with van der Waals surface area (Å²) in [7, 11) is 1.59. The molecule has 1 aromatic heterocycles. The zero-order valence-corrected chi connectivity index (χ0v) is 15.7. The van der Waals surface area contributed by atoms with Crippen LogP contribution in [0, 0.1) is 0 Å². The van der Waals surface area contributed by atoms with Gasteiger partial charge in [0.25, 0.3) is 5.91 Å². The lowest BCUT2D eigenvalue weighted by molar-refractivity contribution is -0.0303. The molecular weight excluding hydrogens is 356 g/mol. The highest BCUT2D eigenvalue weighted by atomic mass is 16.5. The molecule has 0 aliphatic carbocycles. The summed E-state index contributed by atoms with van der Waals surface area (Å²) in [5.41, 5.74) is 0.961. The molecule has 2 heterocycles. The molecule has 0 saturated carbocycles. The van der Waals surface area contributed by atoms with Gasteiger partial charge in [-0.2, -0.15) is 0 Å². The number of rotatable bonds is 4. The van der Waals surface area contributed by atoms with E-state index in [-0.39, 0.29) is 12.5 Å². The fourth-order valence-corrected chi connectivity index (χ4v) is 3.77. The second-order valence-electron chi connectivity index (χ2n) is 6.98. The zero-order chi connectivity index (χ0) is 19.6. The first kappa shape index (κ1) is 18.2. The lowest BCUT2D eigenvalue weighted by Crippen LogP contribution is -2.48. The monoisotopic (exact) mass is 378 g/mol. The van der Waals surface area contributed by atoms with Crippen LogP contribution in [0.5, 0.6) is 5.75 Å². The number of β-amino-alcohol motifs (C(OH)–C–C–N with tert-alkyl or cyclic N) is 1. The Bertz CT molecular complexity index is 973. The van der Waals surface area contributed by atoms with Crippen molar-refractivity contribution in [1.82, 2.24) is 19.7 Å². The molecule has 1 fully saturated rings. The molecule has 1 aliphatic rings. The quantitative estimate of drug-likeness (QED) is 0.754. The summed E-state index contributed by atoms with van der Waals surface area (Å²) >= 11 is 0.